The van der Waals surface area contributed by atoms with Gasteiger partial charge in [-0.1, -0.05) is 24.3 Å². The maximum absolute atomic E-state index is 12.8. The van der Waals surface area contributed by atoms with Gasteiger partial charge >= 0.3 is 5.97 Å². The van der Waals surface area contributed by atoms with Crippen LogP contribution in [-0.4, -0.2) is 49.8 Å². The number of ether oxygens (including phenoxy) is 6. The molecule has 0 saturated heterocycles. The number of allylic oxidation sites excluding steroid dienone is 1. The molecule has 0 saturated carbocycles. The van der Waals surface area contributed by atoms with Crippen molar-refractivity contribution in [2.45, 2.75) is 33.4 Å². The molecule has 0 fully saturated rings. The summed E-state index contributed by atoms with van der Waals surface area (Å²) in [6, 6.07) is 17.5. The molecule has 3 N–H and O–H groups in total. The number of amides is 1. The second-order valence-electron chi connectivity index (χ2n) is 10.0. The summed E-state index contributed by atoms with van der Waals surface area (Å²) >= 11 is 5.33. The van der Waals surface area contributed by atoms with Gasteiger partial charge in [0.05, 0.1) is 31.0 Å². The lowest BCUT2D eigenvalue weighted by Gasteiger charge is -2.30. The largest absolute Gasteiger partial charge is 0.490 e. The molecular weight excluding hydrogens is 612 g/mol. The van der Waals surface area contributed by atoms with Gasteiger partial charge in [0.2, 0.25) is 6.79 Å². The van der Waals surface area contributed by atoms with Crippen LogP contribution in [0.2, 0.25) is 0 Å². The topological polar surface area (TPSA) is 138 Å². The van der Waals surface area contributed by atoms with Crippen molar-refractivity contribution >= 4 is 35.4 Å². The molecule has 240 valence electrons. The summed E-state index contributed by atoms with van der Waals surface area (Å²) in [7, 11) is 0. The Bertz CT molecular complexity index is 1680. The number of hydrazone groups is 1. The smallest absolute Gasteiger partial charge is 0.338 e. The molecule has 0 aromatic heterocycles. The third-order valence-electron chi connectivity index (χ3n) is 6.86. The molecule has 0 bridgehead atoms. The summed E-state index contributed by atoms with van der Waals surface area (Å²) in [5.74, 6) is 1.94. The molecule has 0 unspecified atom stereocenters. The van der Waals surface area contributed by atoms with E-state index in [1.165, 1.54) is 6.21 Å². The normalized spacial score (nSPS) is 15.2. The first-order chi connectivity index (χ1) is 22.4. The third kappa shape index (κ3) is 7.85. The van der Waals surface area contributed by atoms with Gasteiger partial charge in [0, 0.05) is 11.3 Å². The number of thiocarbonyl (C=S) groups is 1. The van der Waals surface area contributed by atoms with Gasteiger partial charge < -0.3 is 39.1 Å². The first-order valence-corrected chi connectivity index (χ1v) is 15.0. The van der Waals surface area contributed by atoms with E-state index in [1.54, 1.807) is 50.2 Å². The maximum atomic E-state index is 12.8. The Balaban J connectivity index is 1.19. The fourth-order valence-electron chi connectivity index (χ4n) is 4.80. The van der Waals surface area contributed by atoms with Crippen molar-refractivity contribution < 1.29 is 38.0 Å². The summed E-state index contributed by atoms with van der Waals surface area (Å²) in [4.78, 5) is 25.4. The van der Waals surface area contributed by atoms with Crippen molar-refractivity contribution in [1.82, 2.24) is 16.1 Å². The summed E-state index contributed by atoms with van der Waals surface area (Å²) in [6.45, 7) is 6.22. The first-order valence-electron chi connectivity index (χ1n) is 14.6. The van der Waals surface area contributed by atoms with Crippen LogP contribution in [0.25, 0.3) is 0 Å². The number of carbonyl (C=O) groups excluding carboxylic acids is 2. The zero-order chi connectivity index (χ0) is 32.5. The number of benzene rings is 3. The van der Waals surface area contributed by atoms with Crippen molar-refractivity contribution in [1.29, 1.82) is 0 Å². The first kappa shape index (κ1) is 32.1. The van der Waals surface area contributed by atoms with Crippen LogP contribution < -0.4 is 39.7 Å². The SMILES string of the molecule is CCOC(=O)C1=C(C)NC(=S)N[C@@H]1c1ccccc1OCC(=O)NN=Cc1ccc(OCc2ccc3c(c2)OCO3)c(OCC)c1. The second kappa shape index (κ2) is 15.1. The van der Waals surface area contributed by atoms with Gasteiger partial charge in [-0.15, -0.1) is 0 Å². The Labute approximate surface area is 271 Å². The number of para-hydroxylation sites is 1. The van der Waals surface area contributed by atoms with Crippen molar-refractivity contribution in [2.75, 3.05) is 26.6 Å². The molecule has 2 aliphatic heterocycles. The summed E-state index contributed by atoms with van der Waals surface area (Å²) in [6.07, 6.45) is 1.50. The number of fused-ring (bicyclic) bond motifs is 1. The van der Waals surface area contributed by atoms with Crippen molar-refractivity contribution in [3.8, 4) is 28.7 Å². The molecule has 0 radical (unpaired) electrons. The number of rotatable bonds is 13. The highest BCUT2D eigenvalue weighted by Gasteiger charge is 2.32. The number of carbonyl (C=O) groups is 2. The molecular formula is C33H34N4O8S. The minimum Gasteiger partial charge on any atom is -0.490 e. The molecule has 3 aromatic rings. The monoisotopic (exact) mass is 646 g/mol. The molecule has 12 nitrogen and oxygen atoms in total. The minimum absolute atomic E-state index is 0.210. The highest BCUT2D eigenvalue weighted by Crippen LogP contribution is 2.35. The minimum atomic E-state index is -0.631. The highest BCUT2D eigenvalue weighted by atomic mass is 32.1. The van der Waals surface area contributed by atoms with Crippen LogP contribution in [0.1, 0.15) is 43.5 Å². The Hall–Kier alpha value is -5.30. The Morgan fingerprint density at radius 2 is 1.80 bits per heavy atom. The summed E-state index contributed by atoms with van der Waals surface area (Å²) < 4.78 is 33.7. The molecule has 0 aliphatic carbocycles. The molecule has 3 aromatic carbocycles. The van der Waals surface area contributed by atoms with E-state index in [0.29, 0.717) is 69.5 Å². The molecule has 1 atom stereocenters. The quantitative estimate of drug-likeness (QED) is 0.106. The number of nitrogens with one attached hydrogen (secondary N) is 3. The maximum Gasteiger partial charge on any atom is 0.338 e. The molecule has 5 rings (SSSR count). The molecule has 1 amide bonds. The number of nitrogens with zero attached hydrogens (tertiary/aromatic N) is 1. The summed E-state index contributed by atoms with van der Waals surface area (Å²) in [5, 5.41) is 10.5. The number of hydrogen-bond donors (Lipinski definition) is 3. The van der Waals surface area contributed by atoms with Gasteiger partial charge in [-0.2, -0.15) is 5.10 Å². The Morgan fingerprint density at radius 3 is 2.63 bits per heavy atom. The van der Waals surface area contributed by atoms with Crippen LogP contribution in [0, 0.1) is 0 Å². The number of esters is 1. The van der Waals surface area contributed by atoms with Gasteiger partial charge in [0.25, 0.3) is 5.91 Å². The fourth-order valence-corrected chi connectivity index (χ4v) is 5.07. The molecule has 0 spiro atoms. The van der Waals surface area contributed by atoms with Gasteiger partial charge in [0.15, 0.2) is 34.7 Å². The average molecular weight is 647 g/mol. The third-order valence-corrected chi connectivity index (χ3v) is 7.07. The van der Waals surface area contributed by atoms with E-state index in [9.17, 15) is 9.59 Å². The lowest BCUT2D eigenvalue weighted by Crippen LogP contribution is -2.45. The van der Waals surface area contributed by atoms with Crippen LogP contribution >= 0.6 is 12.2 Å². The van der Waals surface area contributed by atoms with Crippen molar-refractivity contribution in [3.05, 3.63) is 88.6 Å². The Kier molecular flexibility index (Phi) is 10.6. The Morgan fingerprint density at radius 1 is 0.978 bits per heavy atom. The van der Waals surface area contributed by atoms with Crippen LogP contribution in [0.3, 0.4) is 0 Å². The average Bonchev–Trinajstić information content (AvgIpc) is 3.51. The van der Waals surface area contributed by atoms with E-state index in [4.69, 9.17) is 40.6 Å². The zero-order valence-corrected chi connectivity index (χ0v) is 26.4. The number of hydrogen-bond acceptors (Lipinski definition) is 10. The fraction of sp³-hybridized carbons (Fsp3) is 0.273. The van der Waals surface area contributed by atoms with E-state index in [0.717, 1.165) is 5.56 Å². The lowest BCUT2D eigenvalue weighted by atomic mass is 9.95. The van der Waals surface area contributed by atoms with Crippen LogP contribution in [0.15, 0.2) is 77.0 Å². The summed E-state index contributed by atoms with van der Waals surface area (Å²) in [5.41, 5.74) is 5.65. The van der Waals surface area contributed by atoms with E-state index < -0.39 is 17.9 Å². The van der Waals surface area contributed by atoms with Crippen LogP contribution in [0.4, 0.5) is 0 Å². The van der Waals surface area contributed by atoms with E-state index >= 15 is 0 Å². The lowest BCUT2D eigenvalue weighted by molar-refractivity contribution is -0.139. The van der Waals surface area contributed by atoms with Crippen molar-refractivity contribution in [2.24, 2.45) is 5.10 Å². The van der Waals surface area contributed by atoms with E-state index in [2.05, 4.69) is 21.2 Å². The highest BCUT2D eigenvalue weighted by molar-refractivity contribution is 7.80. The van der Waals surface area contributed by atoms with Crippen LogP contribution in [-0.2, 0) is 20.9 Å². The molecule has 2 aliphatic rings. The van der Waals surface area contributed by atoms with Gasteiger partial charge in [0.1, 0.15) is 12.4 Å². The molecule has 46 heavy (non-hydrogen) atoms. The zero-order valence-electron chi connectivity index (χ0n) is 25.6. The second-order valence-corrected chi connectivity index (χ2v) is 10.4. The van der Waals surface area contributed by atoms with Gasteiger partial charge in [-0.3, -0.25) is 4.79 Å². The van der Waals surface area contributed by atoms with Crippen LogP contribution in [0.5, 0.6) is 28.7 Å². The standard InChI is InChI=1S/C33H34N4O8S/c1-4-40-27-14-21(10-12-25(27)42-17-22-11-13-26-28(15-22)45-19-44-26)16-34-37-29(38)18-43-24-9-7-6-8-23(24)31-30(32(39)41-5-2)20(3)35-33(46)36-31/h6-16,31H,4-5,17-19H2,1-3H3,(H,37,38)(H2,35,36,46)/t31-/m1/s1. The van der Waals surface area contributed by atoms with Gasteiger partial charge in [-0.05, 0) is 80.5 Å². The van der Waals surface area contributed by atoms with E-state index in [1.807, 2.05) is 31.2 Å². The van der Waals surface area contributed by atoms with Crippen molar-refractivity contribution in [3.63, 3.8) is 0 Å². The van der Waals surface area contributed by atoms with Gasteiger partial charge in [-0.25, -0.2) is 10.2 Å². The predicted molar refractivity (Wildman–Crippen MR) is 173 cm³/mol. The molecule has 13 heteroatoms. The predicted octanol–water partition coefficient (Wildman–Crippen LogP) is 4.28. The van der Waals surface area contributed by atoms with E-state index in [-0.39, 0.29) is 20.0 Å². The molecule has 2 heterocycles.